The third-order valence-corrected chi connectivity index (χ3v) is 6.40. The van der Waals surface area contributed by atoms with Crippen LogP contribution in [0.2, 0.25) is 0 Å². The fourth-order valence-corrected chi connectivity index (χ4v) is 4.59. The van der Waals surface area contributed by atoms with Gasteiger partial charge in [0.05, 0.1) is 10.9 Å². The quantitative estimate of drug-likeness (QED) is 0.509. The molecule has 2 amide bonds. The summed E-state index contributed by atoms with van der Waals surface area (Å²) >= 11 is 0. The molecular formula is C25H34N6O4. The van der Waals surface area contributed by atoms with E-state index in [9.17, 15) is 19.2 Å². The molecule has 0 atom stereocenters. The fraction of sp³-hybridized carbons (Fsp3) is 0.560. The Labute approximate surface area is 203 Å². The summed E-state index contributed by atoms with van der Waals surface area (Å²) in [6, 6.07) is 4.86. The summed E-state index contributed by atoms with van der Waals surface area (Å²) in [5.74, 6) is -0.0704. The number of nitrogens with zero attached hydrogens (tertiary/aromatic N) is 4. The van der Waals surface area contributed by atoms with Gasteiger partial charge in [0.1, 0.15) is 6.54 Å². The number of hydrogen-bond acceptors (Lipinski definition) is 5. The number of aryl methyl sites for hydroxylation is 1. The number of benzene rings is 1. The third kappa shape index (κ3) is 5.16. The molecule has 1 aromatic carbocycles. The number of nitrogens with one attached hydrogen (secondary N) is 2. The van der Waals surface area contributed by atoms with Crippen LogP contribution in [0.1, 0.15) is 70.2 Å². The predicted octanol–water partition coefficient (Wildman–Crippen LogP) is 2.05. The number of fused-ring (bicyclic) bond motifs is 3. The predicted molar refractivity (Wildman–Crippen MR) is 134 cm³/mol. The van der Waals surface area contributed by atoms with E-state index >= 15 is 0 Å². The van der Waals surface area contributed by atoms with Crippen molar-refractivity contribution in [3.05, 3.63) is 44.6 Å². The fourth-order valence-electron chi connectivity index (χ4n) is 4.59. The first-order chi connectivity index (χ1) is 16.7. The topological polar surface area (TPSA) is 120 Å². The van der Waals surface area contributed by atoms with E-state index in [4.69, 9.17) is 0 Å². The first-order valence-corrected chi connectivity index (χ1v) is 12.4. The summed E-state index contributed by atoms with van der Waals surface area (Å²) in [5, 5.41) is 10.5. The minimum absolute atomic E-state index is 0.0822. The van der Waals surface area contributed by atoms with Crippen LogP contribution < -0.4 is 21.9 Å². The summed E-state index contributed by atoms with van der Waals surface area (Å²) in [6.45, 7) is 7.90. The van der Waals surface area contributed by atoms with Crippen molar-refractivity contribution in [3.63, 3.8) is 0 Å². The molecule has 3 aromatic rings. The summed E-state index contributed by atoms with van der Waals surface area (Å²) in [7, 11) is 0. The molecule has 0 bridgehead atoms. The van der Waals surface area contributed by atoms with E-state index in [0.29, 0.717) is 28.9 Å². The molecule has 188 valence electrons. The van der Waals surface area contributed by atoms with Gasteiger partial charge in [0.2, 0.25) is 11.7 Å². The van der Waals surface area contributed by atoms with Crippen molar-refractivity contribution in [2.75, 3.05) is 0 Å². The number of amides is 2. The zero-order valence-corrected chi connectivity index (χ0v) is 20.8. The molecular weight excluding hydrogens is 448 g/mol. The highest BCUT2D eigenvalue weighted by Gasteiger charge is 2.22. The van der Waals surface area contributed by atoms with Gasteiger partial charge < -0.3 is 10.6 Å². The van der Waals surface area contributed by atoms with Crippen LogP contribution in [-0.2, 0) is 17.9 Å². The zero-order valence-electron chi connectivity index (χ0n) is 20.8. The van der Waals surface area contributed by atoms with Crippen LogP contribution in [0.15, 0.2) is 27.8 Å². The van der Waals surface area contributed by atoms with Gasteiger partial charge in [0.15, 0.2) is 0 Å². The molecule has 0 spiro atoms. The van der Waals surface area contributed by atoms with E-state index in [-0.39, 0.29) is 41.8 Å². The Bertz CT molecular complexity index is 1370. The van der Waals surface area contributed by atoms with E-state index in [1.165, 1.54) is 8.97 Å². The highest BCUT2D eigenvalue weighted by atomic mass is 16.2. The molecule has 2 aromatic heterocycles. The van der Waals surface area contributed by atoms with Gasteiger partial charge in [-0.25, -0.2) is 13.9 Å². The van der Waals surface area contributed by atoms with Gasteiger partial charge in [0, 0.05) is 24.2 Å². The van der Waals surface area contributed by atoms with Gasteiger partial charge in [-0.1, -0.05) is 26.7 Å². The summed E-state index contributed by atoms with van der Waals surface area (Å²) < 4.78 is 3.90. The van der Waals surface area contributed by atoms with Crippen molar-refractivity contribution in [2.24, 2.45) is 5.92 Å². The van der Waals surface area contributed by atoms with Crippen LogP contribution in [0.5, 0.6) is 0 Å². The number of rotatable bonds is 8. The third-order valence-electron chi connectivity index (χ3n) is 6.40. The molecule has 4 rings (SSSR count). The van der Waals surface area contributed by atoms with Gasteiger partial charge in [-0.15, -0.1) is 5.10 Å². The van der Waals surface area contributed by atoms with Crippen molar-refractivity contribution in [1.29, 1.82) is 0 Å². The second-order valence-corrected chi connectivity index (χ2v) is 10.1. The summed E-state index contributed by atoms with van der Waals surface area (Å²) in [4.78, 5) is 52.1. The summed E-state index contributed by atoms with van der Waals surface area (Å²) in [5.41, 5.74) is -0.122. The highest BCUT2D eigenvalue weighted by molar-refractivity contribution is 5.98. The van der Waals surface area contributed by atoms with E-state index in [2.05, 4.69) is 29.6 Å². The largest absolute Gasteiger partial charge is 0.352 e. The summed E-state index contributed by atoms with van der Waals surface area (Å²) in [6.07, 6.45) is 4.82. The lowest BCUT2D eigenvalue weighted by Gasteiger charge is -2.14. The number of aromatic nitrogens is 4. The molecule has 10 heteroatoms. The molecule has 2 heterocycles. The Balaban J connectivity index is 1.85. The van der Waals surface area contributed by atoms with Crippen molar-refractivity contribution in [3.8, 4) is 0 Å². The minimum Gasteiger partial charge on any atom is -0.352 e. The van der Waals surface area contributed by atoms with E-state index in [0.717, 1.165) is 36.8 Å². The average molecular weight is 483 g/mol. The lowest BCUT2D eigenvalue weighted by molar-refractivity contribution is -0.122. The normalized spacial score (nSPS) is 14.5. The number of hydrogen-bond donors (Lipinski definition) is 2. The van der Waals surface area contributed by atoms with Crippen molar-refractivity contribution >= 4 is 28.5 Å². The molecule has 2 N–H and O–H groups in total. The molecule has 0 aliphatic heterocycles. The Morgan fingerprint density at radius 3 is 2.49 bits per heavy atom. The molecule has 0 radical (unpaired) electrons. The monoisotopic (exact) mass is 482 g/mol. The van der Waals surface area contributed by atoms with E-state index in [1.54, 1.807) is 18.2 Å². The molecule has 0 saturated heterocycles. The van der Waals surface area contributed by atoms with Crippen LogP contribution in [0, 0.1) is 5.92 Å². The first kappa shape index (κ1) is 24.7. The van der Waals surface area contributed by atoms with Crippen LogP contribution in [0.4, 0.5) is 0 Å². The van der Waals surface area contributed by atoms with Gasteiger partial charge >= 0.3 is 5.69 Å². The highest BCUT2D eigenvalue weighted by Crippen LogP contribution is 2.19. The Morgan fingerprint density at radius 1 is 1.11 bits per heavy atom. The van der Waals surface area contributed by atoms with Crippen LogP contribution in [0.3, 0.4) is 0 Å². The van der Waals surface area contributed by atoms with Crippen LogP contribution in [-0.4, -0.2) is 42.6 Å². The Morgan fingerprint density at radius 2 is 1.83 bits per heavy atom. The van der Waals surface area contributed by atoms with Gasteiger partial charge in [-0.2, -0.15) is 0 Å². The maximum Gasteiger partial charge on any atom is 0.352 e. The second-order valence-electron chi connectivity index (χ2n) is 10.1. The SMILES string of the molecule is CC(C)CCn1c(=O)c2ccc(C(=O)NC3CCCC3)cc2n2c(=O)n(CC(=O)NC(C)C)nc12. The van der Waals surface area contributed by atoms with E-state index in [1.807, 2.05) is 13.8 Å². The number of carbonyl (C=O) groups is 2. The molecule has 1 fully saturated rings. The molecule has 1 aliphatic carbocycles. The first-order valence-electron chi connectivity index (χ1n) is 12.4. The van der Waals surface area contributed by atoms with E-state index < -0.39 is 5.69 Å². The smallest absolute Gasteiger partial charge is 0.352 e. The van der Waals surface area contributed by atoms with Crippen LogP contribution >= 0.6 is 0 Å². The van der Waals surface area contributed by atoms with Gasteiger partial charge in [0.25, 0.3) is 11.5 Å². The van der Waals surface area contributed by atoms with Crippen molar-refractivity contribution in [2.45, 2.75) is 85.0 Å². The average Bonchev–Trinajstić information content (AvgIpc) is 3.40. The molecule has 1 saturated carbocycles. The second kappa shape index (κ2) is 10.1. The number of carbonyl (C=O) groups excluding carboxylic acids is 2. The molecule has 35 heavy (non-hydrogen) atoms. The maximum atomic E-state index is 13.4. The Kier molecular flexibility index (Phi) is 7.09. The molecule has 10 nitrogen and oxygen atoms in total. The zero-order chi connectivity index (χ0) is 25.3. The lowest BCUT2D eigenvalue weighted by Crippen LogP contribution is -2.36. The van der Waals surface area contributed by atoms with Crippen molar-refractivity contribution < 1.29 is 9.59 Å². The maximum absolute atomic E-state index is 13.4. The Hall–Kier alpha value is -3.43. The van der Waals surface area contributed by atoms with Gasteiger partial charge in [-0.3, -0.25) is 19.0 Å². The lowest BCUT2D eigenvalue weighted by atomic mass is 10.1. The van der Waals surface area contributed by atoms with Gasteiger partial charge in [-0.05, 0) is 57.2 Å². The minimum atomic E-state index is -0.532. The van der Waals surface area contributed by atoms with Crippen LogP contribution in [0.25, 0.3) is 16.7 Å². The molecule has 1 aliphatic rings. The molecule has 0 unspecified atom stereocenters. The van der Waals surface area contributed by atoms with Crippen molar-refractivity contribution in [1.82, 2.24) is 29.4 Å². The standard InChI is InChI=1S/C25H34N6O4/c1-15(2)11-12-29-23(34)19-10-9-17(22(33)27-18-7-5-6-8-18)13-20(19)31-24(29)28-30(25(31)35)14-21(32)26-16(3)4/h9-10,13,15-16,18H,5-8,11-12,14H2,1-4H3,(H,26,32)(H,27,33).